The molecule has 3 unspecified atom stereocenters. The second-order valence-corrected chi connectivity index (χ2v) is 4.47. The number of hydrogen-bond acceptors (Lipinski definition) is 4. The van der Waals surface area contributed by atoms with Crippen LogP contribution in [0.15, 0.2) is 18.6 Å². The van der Waals surface area contributed by atoms with E-state index in [1.165, 1.54) is 6.42 Å². The Hall–Kier alpha value is -1.49. The lowest BCUT2D eigenvalue weighted by Gasteiger charge is -2.18. The number of carbonyl (C=O) groups is 1. The van der Waals surface area contributed by atoms with Gasteiger partial charge in [-0.25, -0.2) is 4.98 Å². The highest BCUT2D eigenvalue weighted by molar-refractivity contribution is 5.92. The van der Waals surface area contributed by atoms with Crippen LogP contribution in [0.5, 0.6) is 0 Å². The molecule has 1 aromatic rings. The third-order valence-electron chi connectivity index (χ3n) is 3.45. The van der Waals surface area contributed by atoms with Crippen LogP contribution in [-0.4, -0.2) is 28.0 Å². The first-order chi connectivity index (χ1) is 7.83. The molecule has 16 heavy (non-hydrogen) atoms. The van der Waals surface area contributed by atoms with Crippen molar-refractivity contribution < 1.29 is 4.79 Å². The number of rotatable bonds is 2. The average molecular weight is 218 g/mol. The van der Waals surface area contributed by atoms with Crippen LogP contribution in [0.25, 0.3) is 0 Å². The molecule has 0 aromatic carbocycles. The first-order valence-electron chi connectivity index (χ1n) is 5.66. The summed E-state index contributed by atoms with van der Waals surface area (Å²) in [5.41, 5.74) is 0. The summed E-state index contributed by atoms with van der Waals surface area (Å²) in [6, 6.07) is 0.907. The van der Waals surface area contributed by atoms with E-state index in [0.717, 1.165) is 12.8 Å². The quantitative estimate of drug-likeness (QED) is 0.761. The van der Waals surface area contributed by atoms with Crippen LogP contribution < -0.4 is 10.6 Å². The maximum Gasteiger partial charge on any atom is 0.230 e. The number of nitrogens with one attached hydrogen (secondary N) is 2. The minimum absolute atomic E-state index is 0.0696. The maximum absolute atomic E-state index is 12.0. The van der Waals surface area contributed by atoms with Crippen molar-refractivity contribution in [3.05, 3.63) is 18.6 Å². The molecule has 1 amide bonds. The van der Waals surface area contributed by atoms with Gasteiger partial charge in [-0.2, -0.15) is 0 Å². The molecule has 0 aliphatic carbocycles. The van der Waals surface area contributed by atoms with Crippen LogP contribution in [0.2, 0.25) is 0 Å². The molecule has 2 aliphatic rings. The van der Waals surface area contributed by atoms with Crippen LogP contribution >= 0.6 is 0 Å². The molecule has 2 bridgehead atoms. The van der Waals surface area contributed by atoms with Crippen LogP contribution in [0.1, 0.15) is 19.3 Å². The Kier molecular flexibility index (Phi) is 2.32. The van der Waals surface area contributed by atoms with Crippen LogP contribution in [0.3, 0.4) is 0 Å². The summed E-state index contributed by atoms with van der Waals surface area (Å²) in [7, 11) is 0. The lowest BCUT2D eigenvalue weighted by molar-refractivity contribution is -0.120. The molecular formula is C11H14N4O. The van der Waals surface area contributed by atoms with Gasteiger partial charge in [0.25, 0.3) is 0 Å². The van der Waals surface area contributed by atoms with Gasteiger partial charge in [-0.1, -0.05) is 0 Å². The molecule has 2 aliphatic heterocycles. The normalized spacial score (nSPS) is 31.6. The highest BCUT2D eigenvalue weighted by atomic mass is 16.2. The molecule has 0 radical (unpaired) electrons. The van der Waals surface area contributed by atoms with Crippen molar-refractivity contribution in [1.82, 2.24) is 15.3 Å². The fraction of sp³-hybridized carbons (Fsp3) is 0.545. The molecule has 5 heteroatoms. The predicted octanol–water partition coefficient (Wildman–Crippen LogP) is 0.556. The number of amides is 1. The van der Waals surface area contributed by atoms with Crippen molar-refractivity contribution in [2.24, 2.45) is 5.92 Å². The number of hydrogen-bond donors (Lipinski definition) is 2. The Labute approximate surface area is 93.7 Å². The van der Waals surface area contributed by atoms with Crippen molar-refractivity contribution in [3.63, 3.8) is 0 Å². The van der Waals surface area contributed by atoms with Gasteiger partial charge in [-0.15, -0.1) is 0 Å². The minimum Gasteiger partial charge on any atom is -0.310 e. The maximum atomic E-state index is 12.0. The zero-order valence-electron chi connectivity index (χ0n) is 8.89. The lowest BCUT2D eigenvalue weighted by Crippen LogP contribution is -2.33. The van der Waals surface area contributed by atoms with Crippen LogP contribution in [0.4, 0.5) is 5.82 Å². The molecule has 1 aromatic heterocycles. The van der Waals surface area contributed by atoms with E-state index in [9.17, 15) is 4.79 Å². The molecular weight excluding hydrogens is 204 g/mol. The summed E-state index contributed by atoms with van der Waals surface area (Å²) in [4.78, 5) is 19.9. The highest BCUT2D eigenvalue weighted by Crippen LogP contribution is 2.33. The van der Waals surface area contributed by atoms with E-state index in [0.29, 0.717) is 17.9 Å². The van der Waals surface area contributed by atoms with Gasteiger partial charge in [0.15, 0.2) is 5.82 Å². The minimum atomic E-state index is 0.0696. The molecule has 0 saturated carbocycles. The van der Waals surface area contributed by atoms with Crippen molar-refractivity contribution in [1.29, 1.82) is 0 Å². The molecule has 5 nitrogen and oxygen atoms in total. The second-order valence-electron chi connectivity index (χ2n) is 4.47. The summed E-state index contributed by atoms with van der Waals surface area (Å²) in [6.45, 7) is 0. The van der Waals surface area contributed by atoms with Crippen molar-refractivity contribution in [2.75, 3.05) is 5.32 Å². The number of nitrogens with zero attached hydrogens (tertiary/aromatic N) is 2. The van der Waals surface area contributed by atoms with E-state index < -0.39 is 0 Å². The molecule has 3 heterocycles. The van der Waals surface area contributed by atoms with Crippen LogP contribution in [-0.2, 0) is 4.79 Å². The van der Waals surface area contributed by atoms with Crippen LogP contribution in [0, 0.1) is 5.92 Å². The van der Waals surface area contributed by atoms with Gasteiger partial charge in [-0.05, 0) is 19.3 Å². The van der Waals surface area contributed by atoms with Gasteiger partial charge in [0, 0.05) is 24.5 Å². The van der Waals surface area contributed by atoms with Crippen molar-refractivity contribution in [3.8, 4) is 0 Å². The van der Waals surface area contributed by atoms with Gasteiger partial charge < -0.3 is 10.6 Å². The zero-order chi connectivity index (χ0) is 11.0. The van der Waals surface area contributed by atoms with Gasteiger partial charge in [0.1, 0.15) is 0 Å². The van der Waals surface area contributed by atoms with Gasteiger partial charge in [-0.3, -0.25) is 9.78 Å². The fourth-order valence-electron chi connectivity index (χ4n) is 2.70. The zero-order valence-corrected chi connectivity index (χ0v) is 8.89. The molecule has 2 N–H and O–H groups in total. The summed E-state index contributed by atoms with van der Waals surface area (Å²) in [5, 5.41) is 6.26. The van der Waals surface area contributed by atoms with E-state index in [1.54, 1.807) is 18.6 Å². The second kappa shape index (κ2) is 3.83. The SMILES string of the molecule is O=C(Nc1cnccn1)C1CC2CCC1N2. The Morgan fingerprint density at radius 3 is 3.00 bits per heavy atom. The fourth-order valence-corrected chi connectivity index (χ4v) is 2.70. The molecule has 3 rings (SSSR count). The average Bonchev–Trinajstić information content (AvgIpc) is 2.92. The Morgan fingerprint density at radius 1 is 1.44 bits per heavy atom. The van der Waals surface area contributed by atoms with Gasteiger partial charge in [0.05, 0.1) is 12.1 Å². The Balaban J connectivity index is 1.66. The van der Waals surface area contributed by atoms with E-state index in [1.807, 2.05) is 0 Å². The third-order valence-corrected chi connectivity index (χ3v) is 3.45. The number of anilines is 1. The van der Waals surface area contributed by atoms with Gasteiger partial charge in [0.2, 0.25) is 5.91 Å². The van der Waals surface area contributed by atoms with E-state index in [-0.39, 0.29) is 11.8 Å². The summed E-state index contributed by atoms with van der Waals surface area (Å²) >= 11 is 0. The van der Waals surface area contributed by atoms with Gasteiger partial charge >= 0.3 is 0 Å². The summed E-state index contributed by atoms with van der Waals surface area (Å²) in [6.07, 6.45) is 8.02. The molecule has 2 saturated heterocycles. The Morgan fingerprint density at radius 2 is 2.38 bits per heavy atom. The molecule has 0 spiro atoms. The largest absolute Gasteiger partial charge is 0.310 e. The first-order valence-corrected chi connectivity index (χ1v) is 5.66. The molecule has 2 fully saturated rings. The van der Waals surface area contributed by atoms with Crippen molar-refractivity contribution in [2.45, 2.75) is 31.3 Å². The monoisotopic (exact) mass is 218 g/mol. The topological polar surface area (TPSA) is 66.9 Å². The predicted molar refractivity (Wildman–Crippen MR) is 58.7 cm³/mol. The lowest BCUT2D eigenvalue weighted by atomic mass is 9.88. The smallest absolute Gasteiger partial charge is 0.230 e. The Bertz CT molecular complexity index is 394. The molecule has 84 valence electrons. The van der Waals surface area contributed by atoms with E-state index >= 15 is 0 Å². The van der Waals surface area contributed by atoms with E-state index in [4.69, 9.17) is 0 Å². The number of fused-ring (bicyclic) bond motifs is 2. The third kappa shape index (κ3) is 1.67. The standard InChI is InChI=1S/C11H14N4O/c16-11(15-10-6-12-3-4-13-10)8-5-7-1-2-9(8)14-7/h3-4,6-9,14H,1-2,5H2,(H,13,15,16). The first kappa shape index (κ1) is 9.72. The van der Waals surface area contributed by atoms with Crippen molar-refractivity contribution >= 4 is 11.7 Å². The number of carbonyl (C=O) groups excluding carboxylic acids is 1. The summed E-state index contributed by atoms with van der Waals surface area (Å²) in [5.74, 6) is 0.705. The highest BCUT2D eigenvalue weighted by Gasteiger charge is 2.42. The summed E-state index contributed by atoms with van der Waals surface area (Å²) < 4.78 is 0. The van der Waals surface area contributed by atoms with E-state index in [2.05, 4.69) is 20.6 Å². The number of aromatic nitrogens is 2. The molecule has 3 atom stereocenters.